The van der Waals surface area contributed by atoms with E-state index in [4.69, 9.17) is 0 Å². The van der Waals surface area contributed by atoms with Crippen LogP contribution in [-0.2, 0) is 9.84 Å². The van der Waals surface area contributed by atoms with Gasteiger partial charge in [0.05, 0.1) is 9.79 Å². The van der Waals surface area contributed by atoms with Crippen molar-refractivity contribution in [3.8, 4) is 5.75 Å². The number of rotatable bonds is 5. The van der Waals surface area contributed by atoms with Gasteiger partial charge in [-0.1, -0.05) is 12.1 Å². The molecule has 0 radical (unpaired) electrons. The number of benzene rings is 2. The number of hydrogen-bond donors (Lipinski definition) is 0. The van der Waals surface area contributed by atoms with Crippen LogP contribution in [0.4, 0.5) is 14.5 Å². The van der Waals surface area contributed by atoms with Gasteiger partial charge in [-0.3, -0.25) is 0 Å². The zero-order valence-electron chi connectivity index (χ0n) is 14.3. The summed E-state index contributed by atoms with van der Waals surface area (Å²) in [7, 11) is -1.78. The summed E-state index contributed by atoms with van der Waals surface area (Å²) in [6.45, 7) is 0.442. The maximum absolute atomic E-state index is 12.9. The Morgan fingerprint density at radius 3 is 2.23 bits per heavy atom. The summed E-state index contributed by atoms with van der Waals surface area (Å²) < 4.78 is 54.8. The molecule has 1 aliphatic rings. The predicted octanol–water partition coefficient (Wildman–Crippen LogP) is 2.87. The Morgan fingerprint density at radius 1 is 0.962 bits per heavy atom. The van der Waals surface area contributed by atoms with Gasteiger partial charge in [0, 0.05) is 31.9 Å². The van der Waals surface area contributed by atoms with Crippen LogP contribution in [0.25, 0.3) is 0 Å². The van der Waals surface area contributed by atoms with Crippen LogP contribution in [0.2, 0.25) is 0 Å². The van der Waals surface area contributed by atoms with E-state index in [0.29, 0.717) is 0 Å². The van der Waals surface area contributed by atoms with Gasteiger partial charge in [0.15, 0.2) is 0 Å². The van der Waals surface area contributed by atoms with E-state index in [1.165, 1.54) is 24.3 Å². The van der Waals surface area contributed by atoms with Gasteiger partial charge in [-0.15, -0.1) is 0 Å². The molecule has 1 heterocycles. The van der Waals surface area contributed by atoms with Crippen molar-refractivity contribution in [1.29, 1.82) is 0 Å². The van der Waals surface area contributed by atoms with Crippen molar-refractivity contribution in [3.63, 3.8) is 0 Å². The van der Waals surface area contributed by atoms with E-state index in [2.05, 4.69) is 14.5 Å². The predicted molar refractivity (Wildman–Crippen MR) is 94.7 cm³/mol. The number of sulfone groups is 1. The third kappa shape index (κ3) is 4.13. The minimum absolute atomic E-state index is 0.0776. The topological polar surface area (TPSA) is 49.9 Å². The van der Waals surface area contributed by atoms with Gasteiger partial charge in [0.25, 0.3) is 0 Å². The van der Waals surface area contributed by atoms with Gasteiger partial charge in [-0.2, -0.15) is 8.78 Å². The van der Waals surface area contributed by atoms with Crippen LogP contribution in [0.5, 0.6) is 5.75 Å². The summed E-state index contributed by atoms with van der Waals surface area (Å²) in [4.78, 5) is 4.40. The summed E-state index contributed by atoms with van der Waals surface area (Å²) >= 11 is 0. The molecular weight excluding hydrogens is 362 g/mol. The molecule has 1 aliphatic heterocycles. The molecule has 0 saturated carbocycles. The maximum atomic E-state index is 12.9. The first-order valence-electron chi connectivity index (χ1n) is 8.20. The van der Waals surface area contributed by atoms with Crippen molar-refractivity contribution >= 4 is 15.5 Å². The van der Waals surface area contributed by atoms with Crippen molar-refractivity contribution in [1.82, 2.24) is 4.90 Å². The van der Waals surface area contributed by atoms with E-state index in [1.807, 2.05) is 13.1 Å². The Bertz CT molecular complexity index is 866. The first-order valence-corrected chi connectivity index (χ1v) is 9.68. The molecule has 5 nitrogen and oxygen atoms in total. The molecule has 2 aromatic rings. The molecule has 140 valence electrons. The summed E-state index contributed by atoms with van der Waals surface area (Å²) in [5, 5.41) is 0. The average Bonchev–Trinajstić information content (AvgIpc) is 2.62. The van der Waals surface area contributed by atoms with Crippen molar-refractivity contribution in [2.45, 2.75) is 16.4 Å². The van der Waals surface area contributed by atoms with Gasteiger partial charge in [-0.05, 0) is 43.4 Å². The first-order chi connectivity index (χ1) is 12.4. The van der Waals surface area contributed by atoms with Gasteiger partial charge in [0.1, 0.15) is 5.75 Å². The van der Waals surface area contributed by atoms with Crippen molar-refractivity contribution in [3.05, 3.63) is 48.5 Å². The lowest BCUT2D eigenvalue weighted by Gasteiger charge is -2.34. The number of alkyl halides is 2. The number of ether oxygens (including phenoxy) is 1. The molecule has 1 saturated heterocycles. The number of anilines is 1. The summed E-state index contributed by atoms with van der Waals surface area (Å²) in [6.07, 6.45) is 0. The highest BCUT2D eigenvalue weighted by Crippen LogP contribution is 2.28. The van der Waals surface area contributed by atoms with Crippen LogP contribution in [0.15, 0.2) is 58.3 Å². The highest BCUT2D eigenvalue weighted by molar-refractivity contribution is 7.91. The Hall–Kier alpha value is -2.19. The van der Waals surface area contributed by atoms with E-state index in [-0.39, 0.29) is 15.5 Å². The Labute approximate surface area is 151 Å². The largest absolute Gasteiger partial charge is 0.435 e. The lowest BCUT2D eigenvalue weighted by atomic mass is 10.2. The van der Waals surface area contributed by atoms with Gasteiger partial charge < -0.3 is 14.5 Å². The second kappa shape index (κ2) is 7.59. The molecule has 0 unspecified atom stereocenters. The average molecular weight is 382 g/mol. The number of halogens is 2. The maximum Gasteiger partial charge on any atom is 0.387 e. The fraction of sp³-hybridized carbons (Fsp3) is 0.333. The molecule has 0 N–H and O–H groups in total. The molecule has 0 aromatic heterocycles. The second-order valence-electron chi connectivity index (χ2n) is 6.14. The Balaban J connectivity index is 1.89. The number of piperazine rings is 1. The van der Waals surface area contributed by atoms with Crippen molar-refractivity contribution in [2.75, 3.05) is 38.1 Å². The Morgan fingerprint density at radius 2 is 1.58 bits per heavy atom. The van der Waals surface area contributed by atoms with Crippen molar-refractivity contribution < 1.29 is 21.9 Å². The molecule has 2 aromatic carbocycles. The van der Waals surface area contributed by atoms with E-state index < -0.39 is 16.4 Å². The molecule has 0 bridgehead atoms. The minimum atomic E-state index is -3.83. The lowest BCUT2D eigenvalue weighted by Crippen LogP contribution is -2.44. The summed E-state index contributed by atoms with van der Waals surface area (Å²) in [5.41, 5.74) is 0.833. The highest BCUT2D eigenvalue weighted by Gasteiger charge is 2.21. The standard InChI is InChI=1S/C18H20F2N2O3S/c1-21-8-10-22(11-9-21)14-4-2-6-16(12-14)26(23,24)17-7-3-5-15(13-17)25-18(19)20/h2-7,12-13,18H,8-11H2,1H3. The van der Waals surface area contributed by atoms with Crippen LogP contribution in [0.1, 0.15) is 0 Å². The molecule has 0 atom stereocenters. The molecule has 0 aliphatic carbocycles. The Kier molecular flexibility index (Phi) is 5.43. The number of hydrogen-bond acceptors (Lipinski definition) is 5. The van der Waals surface area contributed by atoms with E-state index in [0.717, 1.165) is 37.9 Å². The molecule has 8 heteroatoms. The quantitative estimate of drug-likeness (QED) is 0.796. The zero-order chi connectivity index (χ0) is 18.7. The van der Waals surface area contributed by atoms with Crippen LogP contribution < -0.4 is 9.64 Å². The molecule has 0 spiro atoms. The van der Waals surface area contributed by atoms with E-state index >= 15 is 0 Å². The van der Waals surface area contributed by atoms with Gasteiger partial charge in [0.2, 0.25) is 9.84 Å². The molecule has 26 heavy (non-hydrogen) atoms. The zero-order valence-corrected chi connectivity index (χ0v) is 15.1. The highest BCUT2D eigenvalue weighted by atomic mass is 32.2. The molecule has 3 rings (SSSR count). The number of nitrogens with zero attached hydrogens (tertiary/aromatic N) is 2. The summed E-state index contributed by atoms with van der Waals surface area (Å²) in [5.74, 6) is -0.184. The van der Waals surface area contributed by atoms with Crippen molar-refractivity contribution in [2.24, 2.45) is 0 Å². The third-order valence-corrected chi connectivity index (χ3v) is 6.09. The van der Waals surface area contributed by atoms with Gasteiger partial charge in [-0.25, -0.2) is 8.42 Å². The summed E-state index contributed by atoms with van der Waals surface area (Å²) in [6, 6.07) is 11.9. The van der Waals surface area contributed by atoms with Gasteiger partial charge >= 0.3 is 6.61 Å². The SMILES string of the molecule is CN1CCN(c2cccc(S(=O)(=O)c3cccc(OC(F)F)c3)c2)CC1. The van der Waals surface area contributed by atoms with Crippen LogP contribution in [0, 0.1) is 0 Å². The normalized spacial score (nSPS) is 16.1. The lowest BCUT2D eigenvalue weighted by molar-refractivity contribution is -0.0499. The smallest absolute Gasteiger partial charge is 0.387 e. The van der Waals surface area contributed by atoms with E-state index in [1.54, 1.807) is 12.1 Å². The minimum Gasteiger partial charge on any atom is -0.435 e. The van der Waals surface area contributed by atoms with Crippen LogP contribution in [0.3, 0.4) is 0 Å². The molecule has 0 amide bonds. The fourth-order valence-electron chi connectivity index (χ4n) is 2.87. The van der Waals surface area contributed by atoms with Crippen LogP contribution >= 0.6 is 0 Å². The molecule has 1 fully saturated rings. The molecular formula is C18H20F2N2O3S. The first kappa shape index (κ1) is 18.6. The monoisotopic (exact) mass is 382 g/mol. The second-order valence-corrected chi connectivity index (χ2v) is 8.09. The number of likely N-dealkylation sites (N-methyl/N-ethyl adjacent to an activating group) is 1. The fourth-order valence-corrected chi connectivity index (χ4v) is 4.20. The van der Waals surface area contributed by atoms with E-state index in [9.17, 15) is 17.2 Å². The van der Waals surface area contributed by atoms with Crippen LogP contribution in [-0.4, -0.2) is 53.2 Å². The third-order valence-electron chi connectivity index (χ3n) is 4.34.